The zero-order chi connectivity index (χ0) is 31.9. The van der Waals surface area contributed by atoms with Gasteiger partial charge in [0.1, 0.15) is 0 Å². The van der Waals surface area contributed by atoms with E-state index in [1.807, 2.05) is 51.1 Å². The Hall–Kier alpha value is -4.72. The summed E-state index contributed by atoms with van der Waals surface area (Å²) in [6, 6.07) is 29.9. The third kappa shape index (κ3) is 5.19. The number of nitrogens with zero attached hydrogens (tertiary/aromatic N) is 4. The molecule has 0 bridgehead atoms. The maximum atomic E-state index is 14.3. The van der Waals surface area contributed by atoms with Crippen molar-refractivity contribution in [1.29, 1.82) is 0 Å². The number of allylic oxidation sites excluding steroid dienone is 1. The van der Waals surface area contributed by atoms with E-state index < -0.39 is 6.04 Å². The molecule has 6 nitrogen and oxygen atoms in total. The van der Waals surface area contributed by atoms with E-state index in [0.717, 1.165) is 22.0 Å². The van der Waals surface area contributed by atoms with Crippen LogP contribution in [-0.4, -0.2) is 33.0 Å². The van der Waals surface area contributed by atoms with Gasteiger partial charge in [0.2, 0.25) is 0 Å². The summed E-state index contributed by atoms with van der Waals surface area (Å²) in [5, 5.41) is 4.09. The lowest BCUT2D eigenvalue weighted by atomic mass is 9.94. The Morgan fingerprint density at radius 3 is 2.39 bits per heavy atom. The number of likely N-dealkylation sites (N-methyl/N-ethyl adjacent to an activating group) is 1. The third-order valence-corrected chi connectivity index (χ3v) is 10.1. The highest BCUT2D eigenvalue weighted by Gasteiger charge is 2.34. The van der Waals surface area contributed by atoms with E-state index in [9.17, 15) is 9.59 Å². The second-order valence-electron chi connectivity index (χ2n) is 11.5. The van der Waals surface area contributed by atoms with Crippen LogP contribution in [0.25, 0.3) is 27.8 Å². The zero-order valence-electron chi connectivity index (χ0n) is 25.9. The number of benzene rings is 4. The van der Waals surface area contributed by atoms with Crippen LogP contribution in [0.1, 0.15) is 43.5 Å². The molecule has 0 unspecified atom stereocenters. The maximum Gasteiger partial charge on any atom is 0.271 e. The minimum absolute atomic E-state index is 0.114. The number of fused-ring (bicyclic) bond motifs is 3. The number of amides is 1. The van der Waals surface area contributed by atoms with Crippen molar-refractivity contribution >= 4 is 56.6 Å². The number of carbonyl (C=O) groups excluding carboxylic acids is 1. The predicted octanol–water partition coefficient (Wildman–Crippen LogP) is 6.91. The van der Waals surface area contributed by atoms with E-state index in [2.05, 4.69) is 65.4 Å². The van der Waals surface area contributed by atoms with Crippen LogP contribution in [0.3, 0.4) is 0 Å². The smallest absolute Gasteiger partial charge is 0.271 e. The normalized spacial score (nSPS) is 15.0. The van der Waals surface area contributed by atoms with Crippen molar-refractivity contribution in [3.8, 4) is 0 Å². The van der Waals surface area contributed by atoms with Gasteiger partial charge in [0, 0.05) is 47.3 Å². The number of rotatable bonds is 7. The maximum absolute atomic E-state index is 14.3. The molecule has 1 aliphatic rings. The molecule has 0 saturated heterocycles. The SMILES string of the molecule is CCN(CC)C(=O)C1=C(C)N=c2s/c(=C/c3cn(Cc4cccc5ccccc45)c4ccccc34)c(=O)n2[C@@H]1c1ccc(Cl)cc1. The Kier molecular flexibility index (Phi) is 7.97. The van der Waals surface area contributed by atoms with Crippen LogP contribution >= 0.6 is 22.9 Å². The Balaban J connectivity index is 1.38. The number of aromatic nitrogens is 2. The molecule has 4 aromatic carbocycles. The van der Waals surface area contributed by atoms with E-state index in [0.29, 0.717) is 45.3 Å². The van der Waals surface area contributed by atoms with Gasteiger partial charge in [0.25, 0.3) is 11.5 Å². The van der Waals surface area contributed by atoms with Gasteiger partial charge in [-0.1, -0.05) is 95.7 Å². The molecule has 0 saturated carbocycles. The van der Waals surface area contributed by atoms with Gasteiger partial charge >= 0.3 is 0 Å². The van der Waals surface area contributed by atoms with Crippen LogP contribution in [0.2, 0.25) is 5.02 Å². The fourth-order valence-corrected chi connectivity index (χ4v) is 7.68. The van der Waals surface area contributed by atoms with Gasteiger partial charge in [-0.2, -0.15) is 0 Å². The molecule has 8 heteroatoms. The quantitative estimate of drug-likeness (QED) is 0.190. The van der Waals surface area contributed by atoms with Crippen LogP contribution < -0.4 is 14.9 Å². The Labute approximate surface area is 275 Å². The van der Waals surface area contributed by atoms with Gasteiger partial charge in [-0.15, -0.1) is 0 Å². The molecule has 0 spiro atoms. The molecule has 0 N–H and O–H groups in total. The summed E-state index contributed by atoms with van der Waals surface area (Å²) in [6.07, 6.45) is 4.10. The summed E-state index contributed by atoms with van der Waals surface area (Å²) in [5.41, 5.74) is 5.05. The Bertz CT molecular complexity index is 2340. The molecule has 1 aliphatic heterocycles. The lowest BCUT2D eigenvalue weighted by Gasteiger charge is -2.29. The number of halogens is 1. The van der Waals surface area contributed by atoms with Crippen LogP contribution in [0.15, 0.2) is 118 Å². The van der Waals surface area contributed by atoms with Gasteiger partial charge in [-0.05, 0) is 66.9 Å². The summed E-state index contributed by atoms with van der Waals surface area (Å²) >= 11 is 7.60. The monoisotopic (exact) mass is 644 g/mol. The molecule has 1 amide bonds. The number of hydrogen-bond donors (Lipinski definition) is 0. The van der Waals surface area contributed by atoms with Crippen LogP contribution in [0.4, 0.5) is 0 Å². The van der Waals surface area contributed by atoms with Crippen LogP contribution in [0.5, 0.6) is 0 Å². The molecule has 46 heavy (non-hydrogen) atoms. The number of para-hydroxylation sites is 1. The lowest BCUT2D eigenvalue weighted by molar-refractivity contribution is -0.127. The summed E-state index contributed by atoms with van der Waals surface area (Å²) in [5.74, 6) is -0.114. The van der Waals surface area contributed by atoms with Crippen molar-refractivity contribution in [3.05, 3.63) is 150 Å². The highest BCUT2D eigenvalue weighted by atomic mass is 35.5. The van der Waals surface area contributed by atoms with Gasteiger partial charge < -0.3 is 9.47 Å². The predicted molar refractivity (Wildman–Crippen MR) is 188 cm³/mol. The molecule has 7 rings (SSSR count). The Morgan fingerprint density at radius 2 is 1.63 bits per heavy atom. The molecule has 230 valence electrons. The van der Waals surface area contributed by atoms with Gasteiger partial charge in [-0.3, -0.25) is 14.2 Å². The molecular formula is C38H33ClN4O2S. The van der Waals surface area contributed by atoms with E-state index in [-0.39, 0.29) is 11.5 Å². The average Bonchev–Trinajstić information content (AvgIpc) is 3.57. The zero-order valence-corrected chi connectivity index (χ0v) is 27.5. The fourth-order valence-electron chi connectivity index (χ4n) is 6.51. The molecular weight excluding hydrogens is 612 g/mol. The molecule has 0 aliphatic carbocycles. The van der Waals surface area contributed by atoms with E-state index >= 15 is 0 Å². The second-order valence-corrected chi connectivity index (χ2v) is 12.9. The molecule has 6 aromatic rings. The van der Waals surface area contributed by atoms with Crippen molar-refractivity contribution in [3.63, 3.8) is 0 Å². The first kappa shape index (κ1) is 30.0. The summed E-state index contributed by atoms with van der Waals surface area (Å²) in [7, 11) is 0. The van der Waals surface area contributed by atoms with Crippen molar-refractivity contribution < 1.29 is 4.79 Å². The van der Waals surface area contributed by atoms with Crippen LogP contribution in [-0.2, 0) is 11.3 Å². The largest absolute Gasteiger partial charge is 0.342 e. The van der Waals surface area contributed by atoms with E-state index in [1.165, 1.54) is 27.7 Å². The third-order valence-electron chi connectivity index (χ3n) is 8.82. The van der Waals surface area contributed by atoms with Crippen molar-refractivity contribution in [2.75, 3.05) is 13.1 Å². The minimum Gasteiger partial charge on any atom is -0.342 e. The number of thiazole rings is 1. The fraction of sp³-hybridized carbons (Fsp3) is 0.184. The molecule has 0 radical (unpaired) electrons. The summed E-state index contributed by atoms with van der Waals surface area (Å²) < 4.78 is 4.50. The summed E-state index contributed by atoms with van der Waals surface area (Å²) in [6.45, 7) is 7.60. The molecule has 0 fully saturated rings. The highest BCUT2D eigenvalue weighted by molar-refractivity contribution is 7.07. The molecule has 2 aromatic heterocycles. The highest BCUT2D eigenvalue weighted by Crippen LogP contribution is 2.32. The van der Waals surface area contributed by atoms with Gasteiger partial charge in [0.15, 0.2) is 4.80 Å². The first-order valence-corrected chi connectivity index (χ1v) is 16.7. The van der Waals surface area contributed by atoms with Crippen molar-refractivity contribution in [2.45, 2.75) is 33.4 Å². The minimum atomic E-state index is -0.614. The van der Waals surface area contributed by atoms with Crippen LogP contribution in [0, 0.1) is 0 Å². The first-order chi connectivity index (χ1) is 22.4. The Morgan fingerprint density at radius 1 is 0.935 bits per heavy atom. The number of hydrogen-bond acceptors (Lipinski definition) is 4. The lowest BCUT2D eigenvalue weighted by Crippen LogP contribution is -2.43. The second kappa shape index (κ2) is 12.2. The molecule has 3 heterocycles. The average molecular weight is 645 g/mol. The molecule has 1 atom stereocenters. The summed E-state index contributed by atoms with van der Waals surface area (Å²) in [4.78, 5) is 35.4. The first-order valence-electron chi connectivity index (χ1n) is 15.5. The van der Waals surface area contributed by atoms with Crippen molar-refractivity contribution in [2.24, 2.45) is 4.99 Å². The van der Waals surface area contributed by atoms with E-state index in [4.69, 9.17) is 16.6 Å². The van der Waals surface area contributed by atoms with Gasteiger partial charge in [-0.25, -0.2) is 4.99 Å². The van der Waals surface area contributed by atoms with Crippen molar-refractivity contribution in [1.82, 2.24) is 14.0 Å². The standard InChI is InChI=1S/C38H33ClN4O2S/c1-4-41(5-2)37(45)34-24(3)40-38-43(35(34)26-17-19-29(39)20-18-26)36(44)33(46-38)21-28-23-42(32-16-9-8-15-31(28)32)22-27-13-10-12-25-11-6-7-14-30(25)27/h6-21,23,35H,4-5,22H2,1-3H3/b33-21+/t35-/m1/s1. The number of carbonyl (C=O) groups is 1. The van der Waals surface area contributed by atoms with Gasteiger partial charge in [0.05, 0.1) is 21.8 Å². The van der Waals surface area contributed by atoms with E-state index in [1.54, 1.807) is 21.6 Å². The topological polar surface area (TPSA) is 59.6 Å².